The Labute approximate surface area is 147 Å². The van der Waals surface area contributed by atoms with Crippen molar-refractivity contribution in [1.29, 1.82) is 5.26 Å². The van der Waals surface area contributed by atoms with Crippen molar-refractivity contribution < 1.29 is 4.79 Å². The zero-order valence-corrected chi connectivity index (χ0v) is 14.3. The van der Waals surface area contributed by atoms with Crippen LogP contribution in [-0.4, -0.2) is 12.5 Å². The molecule has 5 heteroatoms. The van der Waals surface area contributed by atoms with E-state index in [0.29, 0.717) is 17.3 Å². The van der Waals surface area contributed by atoms with Crippen LogP contribution in [0.3, 0.4) is 0 Å². The lowest BCUT2D eigenvalue weighted by Gasteiger charge is -2.19. The molecule has 0 aromatic heterocycles. The van der Waals surface area contributed by atoms with Gasteiger partial charge < -0.3 is 10.2 Å². The molecule has 4 nitrogen and oxygen atoms in total. The number of carbonyl (C=O) groups is 1. The van der Waals surface area contributed by atoms with E-state index < -0.39 is 5.91 Å². The molecule has 0 heterocycles. The number of benzene rings is 2. The summed E-state index contributed by atoms with van der Waals surface area (Å²) in [4.78, 5) is 14.3. The van der Waals surface area contributed by atoms with Crippen LogP contribution in [0.2, 0.25) is 5.02 Å². The number of rotatable bonds is 5. The Kier molecular flexibility index (Phi) is 6.00. The first kappa shape index (κ1) is 17.6. The molecule has 0 atom stereocenters. The molecule has 0 spiro atoms. The smallest absolute Gasteiger partial charge is 0.267 e. The van der Waals surface area contributed by atoms with Gasteiger partial charge in [0.2, 0.25) is 0 Å². The van der Waals surface area contributed by atoms with Gasteiger partial charge in [-0.3, -0.25) is 4.79 Å². The number of amides is 1. The lowest BCUT2D eigenvalue weighted by atomic mass is 10.2. The summed E-state index contributed by atoms with van der Waals surface area (Å²) < 4.78 is 0. The van der Waals surface area contributed by atoms with Gasteiger partial charge in [-0.05, 0) is 43.7 Å². The van der Waals surface area contributed by atoms with Gasteiger partial charge in [-0.2, -0.15) is 5.26 Å². The van der Waals surface area contributed by atoms with E-state index in [1.165, 1.54) is 0 Å². The molecule has 2 aromatic rings. The van der Waals surface area contributed by atoms with Crippen molar-refractivity contribution in [3.8, 4) is 6.07 Å². The Morgan fingerprint density at radius 1 is 1.25 bits per heavy atom. The van der Waals surface area contributed by atoms with Crippen molar-refractivity contribution in [3.63, 3.8) is 0 Å². The summed E-state index contributed by atoms with van der Waals surface area (Å²) in [7, 11) is 0. The first-order chi connectivity index (χ1) is 11.6. The molecular formula is C19H18ClN3O. The number of carbonyl (C=O) groups excluding carboxylic acids is 1. The Morgan fingerprint density at radius 3 is 2.58 bits per heavy atom. The van der Waals surface area contributed by atoms with Crippen LogP contribution < -0.4 is 10.2 Å². The fourth-order valence-electron chi connectivity index (χ4n) is 2.19. The third kappa shape index (κ3) is 4.15. The van der Waals surface area contributed by atoms with Crippen molar-refractivity contribution >= 4 is 28.9 Å². The standard InChI is InChI=1S/C19H18ClN3O/c1-3-23(16-8-5-4-6-9-16)13-15(12-21)19(24)22-18-11-7-10-17(20)14(18)2/h4-11,13H,3H2,1-2H3,(H,22,24)/b15-13-. The molecule has 0 bridgehead atoms. The first-order valence-electron chi connectivity index (χ1n) is 7.57. The van der Waals surface area contributed by atoms with Gasteiger partial charge in [-0.15, -0.1) is 0 Å². The summed E-state index contributed by atoms with van der Waals surface area (Å²) in [5.74, 6) is -0.461. The molecule has 24 heavy (non-hydrogen) atoms. The summed E-state index contributed by atoms with van der Waals surface area (Å²) in [6.07, 6.45) is 1.56. The zero-order chi connectivity index (χ0) is 17.5. The highest BCUT2D eigenvalue weighted by molar-refractivity contribution is 6.31. The van der Waals surface area contributed by atoms with Crippen LogP contribution in [0, 0.1) is 18.3 Å². The lowest BCUT2D eigenvalue weighted by Crippen LogP contribution is -2.20. The highest BCUT2D eigenvalue weighted by Gasteiger charge is 2.13. The SMILES string of the molecule is CCN(/C=C(/C#N)C(=O)Nc1cccc(Cl)c1C)c1ccccc1. The fraction of sp³-hybridized carbons (Fsp3) is 0.158. The molecule has 0 radical (unpaired) electrons. The number of anilines is 2. The maximum absolute atomic E-state index is 12.4. The van der Waals surface area contributed by atoms with Gasteiger partial charge in [0.15, 0.2) is 0 Å². The van der Waals surface area contributed by atoms with Crippen LogP contribution in [-0.2, 0) is 4.79 Å². The molecule has 2 aromatic carbocycles. The maximum Gasteiger partial charge on any atom is 0.267 e. The third-order valence-electron chi connectivity index (χ3n) is 3.59. The van der Waals surface area contributed by atoms with E-state index in [0.717, 1.165) is 11.3 Å². The number of nitrogens with zero attached hydrogens (tertiary/aromatic N) is 2. The normalized spacial score (nSPS) is 10.8. The number of para-hydroxylation sites is 1. The van der Waals surface area contributed by atoms with Crippen LogP contribution in [0.1, 0.15) is 12.5 Å². The Morgan fingerprint density at radius 2 is 1.96 bits per heavy atom. The molecule has 0 fully saturated rings. The molecule has 1 amide bonds. The Hall–Kier alpha value is -2.77. The summed E-state index contributed by atoms with van der Waals surface area (Å²) in [5.41, 5.74) is 2.30. The molecule has 0 saturated carbocycles. The van der Waals surface area contributed by atoms with Gasteiger partial charge in [0.1, 0.15) is 11.6 Å². The molecular weight excluding hydrogens is 322 g/mol. The number of hydrogen-bond acceptors (Lipinski definition) is 3. The summed E-state index contributed by atoms with van der Waals surface area (Å²) in [6, 6.07) is 16.8. The minimum atomic E-state index is -0.461. The second-order valence-corrected chi connectivity index (χ2v) is 5.55. The molecule has 0 aliphatic rings. The second-order valence-electron chi connectivity index (χ2n) is 5.14. The minimum absolute atomic E-state index is 0.0279. The molecule has 122 valence electrons. The van der Waals surface area contributed by atoms with Crippen molar-refractivity contribution in [3.05, 3.63) is 70.9 Å². The minimum Gasteiger partial charge on any atom is -0.347 e. The highest BCUT2D eigenvalue weighted by Crippen LogP contribution is 2.23. The van der Waals surface area contributed by atoms with Crippen molar-refractivity contribution in [2.24, 2.45) is 0 Å². The summed E-state index contributed by atoms with van der Waals surface area (Å²) >= 11 is 6.06. The first-order valence-corrected chi connectivity index (χ1v) is 7.94. The van der Waals surface area contributed by atoms with Crippen LogP contribution in [0.25, 0.3) is 0 Å². The van der Waals surface area contributed by atoms with E-state index in [4.69, 9.17) is 11.6 Å². The predicted molar refractivity (Wildman–Crippen MR) is 98.0 cm³/mol. The van der Waals surface area contributed by atoms with Crippen molar-refractivity contribution in [2.45, 2.75) is 13.8 Å². The van der Waals surface area contributed by atoms with E-state index in [9.17, 15) is 10.1 Å². The number of halogens is 1. The van der Waals surface area contributed by atoms with Crippen LogP contribution in [0.15, 0.2) is 60.3 Å². The molecule has 1 N–H and O–H groups in total. The second kappa shape index (κ2) is 8.19. The maximum atomic E-state index is 12.4. The predicted octanol–water partition coefficient (Wildman–Crippen LogP) is 4.52. The average Bonchev–Trinajstić information content (AvgIpc) is 2.60. The monoisotopic (exact) mass is 339 g/mol. The van der Waals surface area contributed by atoms with Crippen LogP contribution in [0.5, 0.6) is 0 Å². The Bertz CT molecular complexity index is 794. The topological polar surface area (TPSA) is 56.1 Å². The average molecular weight is 340 g/mol. The third-order valence-corrected chi connectivity index (χ3v) is 4.00. The van der Waals surface area contributed by atoms with Gasteiger partial charge in [0.25, 0.3) is 5.91 Å². The van der Waals surface area contributed by atoms with E-state index >= 15 is 0 Å². The molecule has 0 aliphatic carbocycles. The summed E-state index contributed by atoms with van der Waals surface area (Å²) in [6.45, 7) is 4.41. The van der Waals surface area contributed by atoms with Crippen LogP contribution >= 0.6 is 11.6 Å². The van der Waals surface area contributed by atoms with Gasteiger partial charge in [-0.1, -0.05) is 35.9 Å². The van der Waals surface area contributed by atoms with Crippen molar-refractivity contribution in [2.75, 3.05) is 16.8 Å². The van der Waals surface area contributed by atoms with E-state index in [1.807, 2.05) is 55.1 Å². The number of nitrogens with one attached hydrogen (secondary N) is 1. The molecule has 2 rings (SSSR count). The van der Waals surface area contributed by atoms with E-state index in [1.54, 1.807) is 24.4 Å². The van der Waals surface area contributed by atoms with Crippen LogP contribution in [0.4, 0.5) is 11.4 Å². The number of hydrogen-bond donors (Lipinski definition) is 1. The van der Waals surface area contributed by atoms with Gasteiger partial charge in [-0.25, -0.2) is 0 Å². The van der Waals surface area contributed by atoms with Gasteiger partial charge in [0, 0.05) is 29.1 Å². The van der Waals surface area contributed by atoms with Gasteiger partial charge in [0.05, 0.1) is 0 Å². The zero-order valence-electron chi connectivity index (χ0n) is 13.6. The number of nitriles is 1. The fourth-order valence-corrected chi connectivity index (χ4v) is 2.37. The Balaban J connectivity index is 2.25. The van der Waals surface area contributed by atoms with Crippen molar-refractivity contribution in [1.82, 2.24) is 0 Å². The summed E-state index contributed by atoms with van der Waals surface area (Å²) in [5, 5.41) is 12.7. The van der Waals surface area contributed by atoms with E-state index in [-0.39, 0.29) is 5.57 Å². The van der Waals surface area contributed by atoms with Gasteiger partial charge >= 0.3 is 0 Å². The largest absolute Gasteiger partial charge is 0.347 e. The highest BCUT2D eigenvalue weighted by atomic mass is 35.5. The van der Waals surface area contributed by atoms with E-state index in [2.05, 4.69) is 5.32 Å². The molecule has 0 aliphatic heterocycles. The molecule has 0 unspecified atom stereocenters. The molecule has 0 saturated heterocycles. The lowest BCUT2D eigenvalue weighted by molar-refractivity contribution is -0.112. The quantitative estimate of drug-likeness (QED) is 0.643.